The maximum absolute atomic E-state index is 13.0. The Labute approximate surface area is 134 Å². The summed E-state index contributed by atoms with van der Waals surface area (Å²) in [7, 11) is 0. The van der Waals surface area contributed by atoms with Crippen LogP contribution in [0.4, 0.5) is 26.3 Å². The summed E-state index contributed by atoms with van der Waals surface area (Å²) < 4.78 is 77.4. The van der Waals surface area contributed by atoms with E-state index in [2.05, 4.69) is 0 Å². The lowest BCUT2D eigenvalue weighted by atomic mass is 9.86. The van der Waals surface area contributed by atoms with Gasteiger partial charge in [0, 0.05) is 5.56 Å². The minimum absolute atomic E-state index is 0.0197. The van der Waals surface area contributed by atoms with Crippen molar-refractivity contribution in [3.8, 4) is 0 Å². The monoisotopic (exact) mass is 360 g/mol. The molecule has 9 heteroatoms. The lowest BCUT2D eigenvalue weighted by molar-refractivity contribution is -0.358. The molecule has 0 bridgehead atoms. The molecule has 0 fully saturated rings. The Morgan fingerprint density at radius 2 is 1.33 bits per heavy atom. The normalized spacial score (nSPS) is 17.5. The van der Waals surface area contributed by atoms with Gasteiger partial charge in [0.15, 0.2) is 5.60 Å². The van der Waals surface area contributed by atoms with Gasteiger partial charge in [-0.1, -0.05) is 19.9 Å². The van der Waals surface area contributed by atoms with Crippen molar-refractivity contribution in [1.82, 2.24) is 0 Å². The van der Waals surface area contributed by atoms with Crippen molar-refractivity contribution >= 4 is 0 Å². The average molecular weight is 360 g/mol. The molecule has 0 aliphatic carbocycles. The SMILES string of the molecule is CCC(C)c1cc(C(C)(O)C(F)(F)F)cc(C(O)(O)C(F)(F)F)c1. The van der Waals surface area contributed by atoms with Crippen molar-refractivity contribution in [2.45, 2.75) is 56.9 Å². The Balaban J connectivity index is 3.67. The molecule has 138 valence electrons. The zero-order valence-corrected chi connectivity index (χ0v) is 13.1. The van der Waals surface area contributed by atoms with Gasteiger partial charge in [-0.25, -0.2) is 0 Å². The van der Waals surface area contributed by atoms with Gasteiger partial charge in [-0.15, -0.1) is 0 Å². The molecule has 0 saturated carbocycles. The molecule has 0 aliphatic heterocycles. The van der Waals surface area contributed by atoms with E-state index in [1.165, 1.54) is 0 Å². The van der Waals surface area contributed by atoms with Crippen molar-refractivity contribution in [3.63, 3.8) is 0 Å². The molecule has 1 aromatic rings. The summed E-state index contributed by atoms with van der Waals surface area (Å²) in [6.45, 7) is 3.60. The van der Waals surface area contributed by atoms with E-state index in [1.807, 2.05) is 0 Å². The van der Waals surface area contributed by atoms with Gasteiger partial charge in [-0.05, 0) is 42.5 Å². The van der Waals surface area contributed by atoms with Crippen molar-refractivity contribution < 1.29 is 41.7 Å². The summed E-state index contributed by atoms with van der Waals surface area (Å²) in [6, 6.07) is 1.99. The number of aliphatic hydroxyl groups is 3. The molecule has 1 rings (SSSR count). The lowest BCUT2D eigenvalue weighted by Crippen LogP contribution is -2.43. The summed E-state index contributed by atoms with van der Waals surface area (Å²) in [5, 5.41) is 28.4. The standard InChI is InChI=1S/C15H18F6O3/c1-4-8(2)9-5-10(12(3,22)14(16,17)18)7-11(6-9)13(23,24)15(19,20)21/h5-8,22-24H,4H2,1-3H3. The molecule has 2 unspecified atom stereocenters. The van der Waals surface area contributed by atoms with Crippen LogP contribution in [0.15, 0.2) is 18.2 Å². The average Bonchev–Trinajstić information content (AvgIpc) is 2.43. The first-order valence-electron chi connectivity index (χ1n) is 7.02. The van der Waals surface area contributed by atoms with Gasteiger partial charge in [0.1, 0.15) is 0 Å². The second-order valence-corrected chi connectivity index (χ2v) is 5.89. The molecule has 1 aromatic carbocycles. The third kappa shape index (κ3) is 3.68. The number of rotatable bonds is 4. The molecule has 2 atom stereocenters. The molecule has 3 N–H and O–H groups in total. The predicted molar refractivity (Wildman–Crippen MR) is 72.9 cm³/mol. The highest BCUT2D eigenvalue weighted by Gasteiger charge is 2.56. The van der Waals surface area contributed by atoms with Crippen molar-refractivity contribution in [3.05, 3.63) is 34.9 Å². The van der Waals surface area contributed by atoms with E-state index >= 15 is 0 Å². The molecule has 0 radical (unpaired) electrons. The zero-order valence-electron chi connectivity index (χ0n) is 13.1. The fourth-order valence-corrected chi connectivity index (χ4v) is 1.98. The minimum atomic E-state index is -5.53. The highest BCUT2D eigenvalue weighted by atomic mass is 19.4. The largest absolute Gasteiger partial charge is 0.447 e. The van der Waals surface area contributed by atoms with Crippen LogP contribution in [0.5, 0.6) is 0 Å². The Morgan fingerprint density at radius 3 is 1.71 bits per heavy atom. The molecule has 0 saturated heterocycles. The fraction of sp³-hybridized carbons (Fsp3) is 0.600. The molecular formula is C15H18F6O3. The van der Waals surface area contributed by atoms with E-state index < -0.39 is 40.8 Å². The van der Waals surface area contributed by atoms with E-state index in [0.29, 0.717) is 19.4 Å². The van der Waals surface area contributed by atoms with Gasteiger partial charge in [0.25, 0.3) is 5.79 Å². The van der Waals surface area contributed by atoms with Gasteiger partial charge in [0.05, 0.1) is 0 Å². The van der Waals surface area contributed by atoms with E-state index in [0.717, 1.165) is 12.1 Å². The van der Waals surface area contributed by atoms with Crippen molar-refractivity contribution in [2.75, 3.05) is 0 Å². The quantitative estimate of drug-likeness (QED) is 0.567. The zero-order chi connectivity index (χ0) is 19.1. The number of hydrogen-bond donors (Lipinski definition) is 3. The van der Waals surface area contributed by atoms with Gasteiger partial charge in [0.2, 0.25) is 0 Å². The van der Waals surface area contributed by atoms with Crippen LogP contribution in [0.3, 0.4) is 0 Å². The van der Waals surface area contributed by atoms with Crippen LogP contribution in [-0.4, -0.2) is 27.7 Å². The third-order valence-corrected chi connectivity index (χ3v) is 4.05. The van der Waals surface area contributed by atoms with Crippen molar-refractivity contribution in [2.24, 2.45) is 0 Å². The molecule has 0 amide bonds. The van der Waals surface area contributed by atoms with Crippen LogP contribution >= 0.6 is 0 Å². The number of benzene rings is 1. The van der Waals surface area contributed by atoms with Crippen LogP contribution < -0.4 is 0 Å². The van der Waals surface area contributed by atoms with Crippen LogP contribution in [0.2, 0.25) is 0 Å². The summed E-state index contributed by atoms with van der Waals surface area (Å²) in [5.41, 5.74) is -5.52. The van der Waals surface area contributed by atoms with E-state index in [1.54, 1.807) is 13.8 Å². The first-order chi connectivity index (χ1) is 10.6. The van der Waals surface area contributed by atoms with E-state index in [4.69, 9.17) is 0 Å². The highest BCUT2D eigenvalue weighted by Crippen LogP contribution is 2.43. The van der Waals surface area contributed by atoms with Crippen LogP contribution in [-0.2, 0) is 11.4 Å². The Hall–Kier alpha value is -1.32. The smallest absolute Gasteiger partial charge is 0.376 e. The molecule has 3 nitrogen and oxygen atoms in total. The van der Waals surface area contributed by atoms with Gasteiger partial charge in [-0.3, -0.25) is 0 Å². The predicted octanol–water partition coefficient (Wildman–Crippen LogP) is 3.67. The third-order valence-electron chi connectivity index (χ3n) is 4.05. The number of hydrogen-bond acceptors (Lipinski definition) is 3. The lowest BCUT2D eigenvalue weighted by Gasteiger charge is -2.31. The molecule has 0 heterocycles. The number of alkyl halides is 6. The summed E-state index contributed by atoms with van der Waals surface area (Å²) in [6.07, 6.45) is -10.3. The van der Waals surface area contributed by atoms with E-state index in [9.17, 15) is 41.7 Å². The summed E-state index contributed by atoms with van der Waals surface area (Å²) in [5.74, 6) is -4.80. The maximum Gasteiger partial charge on any atom is 0.447 e. The van der Waals surface area contributed by atoms with Gasteiger partial charge < -0.3 is 15.3 Å². The maximum atomic E-state index is 13.0. The second-order valence-electron chi connectivity index (χ2n) is 5.89. The molecule has 0 aromatic heterocycles. The second kappa shape index (κ2) is 6.20. The molecule has 0 aliphatic rings. The topological polar surface area (TPSA) is 60.7 Å². The van der Waals surface area contributed by atoms with Crippen molar-refractivity contribution in [1.29, 1.82) is 0 Å². The fourth-order valence-electron chi connectivity index (χ4n) is 1.98. The first kappa shape index (κ1) is 20.7. The minimum Gasteiger partial charge on any atom is -0.376 e. The number of halogens is 6. The van der Waals surface area contributed by atoms with Crippen LogP contribution in [0, 0.1) is 0 Å². The van der Waals surface area contributed by atoms with Gasteiger partial charge >= 0.3 is 12.4 Å². The Bertz CT molecular complexity index is 546. The van der Waals surface area contributed by atoms with Crippen LogP contribution in [0.25, 0.3) is 0 Å². The highest BCUT2D eigenvalue weighted by molar-refractivity contribution is 5.38. The molecule has 24 heavy (non-hydrogen) atoms. The summed E-state index contributed by atoms with van der Waals surface area (Å²) in [4.78, 5) is 0. The Kier molecular flexibility index (Phi) is 5.35. The molecule has 0 spiro atoms. The first-order valence-corrected chi connectivity index (χ1v) is 7.02. The van der Waals surface area contributed by atoms with Gasteiger partial charge in [-0.2, -0.15) is 26.3 Å². The van der Waals surface area contributed by atoms with E-state index in [-0.39, 0.29) is 5.56 Å². The van der Waals surface area contributed by atoms with Crippen LogP contribution in [0.1, 0.15) is 49.8 Å². The Morgan fingerprint density at radius 1 is 0.875 bits per heavy atom. The molecular weight excluding hydrogens is 342 g/mol. The summed E-state index contributed by atoms with van der Waals surface area (Å²) >= 11 is 0.